The SMILES string of the molecule is O=C(NCc1ccco1)c1cc(S(=O)(=O)NCC23CC4CC(CC(C4)C2)C3)c(Cl)cc1Cl. The van der Waals surface area contributed by atoms with Gasteiger partial charge in [0.25, 0.3) is 5.91 Å². The van der Waals surface area contributed by atoms with Crippen LogP contribution in [0.5, 0.6) is 0 Å². The molecule has 4 bridgehead atoms. The zero-order valence-electron chi connectivity index (χ0n) is 17.6. The van der Waals surface area contributed by atoms with Crippen molar-refractivity contribution in [1.29, 1.82) is 0 Å². The second kappa shape index (κ2) is 8.35. The molecule has 4 fully saturated rings. The molecule has 0 radical (unpaired) electrons. The van der Waals surface area contributed by atoms with Crippen molar-refractivity contribution in [3.8, 4) is 0 Å². The molecular weight excluding hydrogens is 471 g/mol. The van der Waals surface area contributed by atoms with Crippen LogP contribution in [-0.4, -0.2) is 20.9 Å². The monoisotopic (exact) mass is 496 g/mol. The molecule has 1 aromatic carbocycles. The molecule has 2 N–H and O–H groups in total. The van der Waals surface area contributed by atoms with E-state index in [1.807, 2.05) is 0 Å². The fraction of sp³-hybridized carbons (Fsp3) is 0.522. The van der Waals surface area contributed by atoms with Crippen molar-refractivity contribution >= 4 is 39.1 Å². The van der Waals surface area contributed by atoms with E-state index in [1.165, 1.54) is 37.7 Å². The molecule has 32 heavy (non-hydrogen) atoms. The van der Waals surface area contributed by atoms with Crippen molar-refractivity contribution in [2.75, 3.05) is 6.54 Å². The molecule has 2 aromatic rings. The van der Waals surface area contributed by atoms with E-state index < -0.39 is 15.9 Å². The molecule has 4 aliphatic carbocycles. The summed E-state index contributed by atoms with van der Waals surface area (Å²) >= 11 is 12.5. The summed E-state index contributed by atoms with van der Waals surface area (Å²) in [5.41, 5.74) is 0.0991. The molecule has 9 heteroatoms. The lowest BCUT2D eigenvalue weighted by Crippen LogP contribution is -2.51. The number of amides is 1. The number of hydrogen-bond acceptors (Lipinski definition) is 4. The van der Waals surface area contributed by atoms with Gasteiger partial charge in [-0.3, -0.25) is 4.79 Å². The summed E-state index contributed by atoms with van der Waals surface area (Å²) in [6.07, 6.45) is 8.68. The predicted molar refractivity (Wildman–Crippen MR) is 122 cm³/mol. The van der Waals surface area contributed by atoms with E-state index in [0.717, 1.165) is 37.0 Å². The van der Waals surface area contributed by atoms with Crippen molar-refractivity contribution in [3.63, 3.8) is 0 Å². The molecule has 4 aliphatic rings. The number of hydrogen-bond donors (Lipinski definition) is 2. The van der Waals surface area contributed by atoms with Crippen LogP contribution >= 0.6 is 23.2 Å². The molecule has 0 aliphatic heterocycles. The van der Waals surface area contributed by atoms with Crippen LogP contribution in [0.1, 0.15) is 54.6 Å². The molecule has 0 unspecified atom stereocenters. The van der Waals surface area contributed by atoms with Gasteiger partial charge in [0, 0.05) is 6.54 Å². The lowest BCUT2D eigenvalue weighted by atomic mass is 9.50. The van der Waals surface area contributed by atoms with Crippen LogP contribution in [0.25, 0.3) is 0 Å². The molecule has 1 heterocycles. The molecule has 172 valence electrons. The molecular formula is C23H26Cl2N2O4S. The average molecular weight is 497 g/mol. The van der Waals surface area contributed by atoms with Crippen molar-refractivity contribution in [2.45, 2.75) is 50.0 Å². The number of carbonyl (C=O) groups excluding carboxylic acids is 1. The summed E-state index contributed by atoms with van der Waals surface area (Å²) in [5, 5.41) is 2.77. The lowest BCUT2D eigenvalue weighted by molar-refractivity contribution is -0.0487. The van der Waals surface area contributed by atoms with Gasteiger partial charge in [-0.05, 0) is 86.0 Å². The van der Waals surface area contributed by atoms with Gasteiger partial charge < -0.3 is 9.73 Å². The van der Waals surface area contributed by atoms with Gasteiger partial charge in [0.2, 0.25) is 10.0 Å². The van der Waals surface area contributed by atoms with Crippen molar-refractivity contribution in [1.82, 2.24) is 10.0 Å². The Kier molecular flexibility index (Phi) is 5.81. The second-order valence-corrected chi connectivity index (χ2v) is 12.3. The maximum atomic E-state index is 13.2. The summed E-state index contributed by atoms with van der Waals surface area (Å²) in [5.74, 6) is 2.27. The Labute approximate surface area is 198 Å². The van der Waals surface area contributed by atoms with E-state index >= 15 is 0 Å². The minimum absolute atomic E-state index is 0.00408. The summed E-state index contributed by atoms with van der Waals surface area (Å²) in [6.45, 7) is 0.578. The van der Waals surface area contributed by atoms with Gasteiger partial charge in [-0.15, -0.1) is 0 Å². The number of nitrogens with one attached hydrogen (secondary N) is 2. The Morgan fingerprint density at radius 3 is 2.31 bits per heavy atom. The Bertz CT molecular complexity index is 1100. The number of carbonyl (C=O) groups is 1. The van der Waals surface area contributed by atoms with Crippen LogP contribution < -0.4 is 10.0 Å². The Morgan fingerprint density at radius 1 is 1.06 bits per heavy atom. The zero-order chi connectivity index (χ0) is 22.5. The third-order valence-electron chi connectivity index (χ3n) is 7.36. The summed E-state index contributed by atoms with van der Waals surface area (Å²) in [4.78, 5) is 12.5. The Morgan fingerprint density at radius 2 is 1.72 bits per heavy atom. The first-order valence-electron chi connectivity index (χ1n) is 11.0. The highest BCUT2D eigenvalue weighted by Crippen LogP contribution is 2.59. The molecule has 0 atom stereocenters. The number of furan rings is 1. The first-order valence-corrected chi connectivity index (χ1v) is 13.3. The summed E-state index contributed by atoms with van der Waals surface area (Å²) < 4.78 is 34.4. The van der Waals surface area contributed by atoms with Gasteiger partial charge in [-0.2, -0.15) is 0 Å². The number of benzene rings is 1. The smallest absolute Gasteiger partial charge is 0.253 e. The molecule has 1 amide bonds. The third kappa shape index (κ3) is 4.32. The molecule has 4 saturated carbocycles. The van der Waals surface area contributed by atoms with Gasteiger partial charge in [0.15, 0.2) is 0 Å². The first kappa shape index (κ1) is 22.3. The maximum Gasteiger partial charge on any atom is 0.253 e. The molecule has 0 spiro atoms. The largest absolute Gasteiger partial charge is 0.467 e. The van der Waals surface area contributed by atoms with E-state index in [4.69, 9.17) is 27.6 Å². The van der Waals surface area contributed by atoms with Crippen LogP contribution in [0.2, 0.25) is 10.0 Å². The van der Waals surface area contributed by atoms with Crippen LogP contribution in [0.15, 0.2) is 39.8 Å². The van der Waals surface area contributed by atoms with E-state index in [0.29, 0.717) is 12.3 Å². The fourth-order valence-corrected chi connectivity index (χ4v) is 8.43. The Balaban J connectivity index is 1.33. The highest BCUT2D eigenvalue weighted by molar-refractivity contribution is 7.89. The van der Waals surface area contributed by atoms with Crippen LogP contribution in [0.4, 0.5) is 0 Å². The number of rotatable bonds is 7. The predicted octanol–water partition coefficient (Wildman–Crippen LogP) is 5.01. The van der Waals surface area contributed by atoms with Crippen molar-refractivity contribution in [2.24, 2.45) is 23.2 Å². The van der Waals surface area contributed by atoms with Crippen molar-refractivity contribution < 1.29 is 17.6 Å². The van der Waals surface area contributed by atoms with E-state index in [1.54, 1.807) is 12.1 Å². The Hall–Kier alpha value is -1.54. The highest BCUT2D eigenvalue weighted by Gasteiger charge is 2.51. The van der Waals surface area contributed by atoms with Crippen LogP contribution in [0.3, 0.4) is 0 Å². The van der Waals surface area contributed by atoms with Crippen LogP contribution in [-0.2, 0) is 16.6 Å². The van der Waals surface area contributed by atoms with Gasteiger partial charge in [-0.1, -0.05) is 23.2 Å². The summed E-state index contributed by atoms with van der Waals surface area (Å²) in [6, 6.07) is 6.01. The lowest BCUT2D eigenvalue weighted by Gasteiger charge is -2.56. The minimum Gasteiger partial charge on any atom is -0.467 e. The topological polar surface area (TPSA) is 88.4 Å². The quantitative estimate of drug-likeness (QED) is 0.563. The maximum absolute atomic E-state index is 13.2. The van der Waals surface area contributed by atoms with E-state index in [9.17, 15) is 13.2 Å². The third-order valence-corrected chi connectivity index (χ3v) is 9.54. The second-order valence-electron chi connectivity index (χ2n) is 9.77. The minimum atomic E-state index is -3.90. The van der Waals surface area contributed by atoms with Crippen molar-refractivity contribution in [3.05, 3.63) is 51.9 Å². The molecule has 0 saturated heterocycles. The van der Waals surface area contributed by atoms with Crippen LogP contribution in [0, 0.1) is 23.2 Å². The summed E-state index contributed by atoms with van der Waals surface area (Å²) in [7, 11) is -3.90. The van der Waals surface area contributed by atoms with Gasteiger partial charge in [0.05, 0.1) is 28.4 Å². The normalized spacial score (nSPS) is 28.8. The van der Waals surface area contributed by atoms with E-state index in [-0.39, 0.29) is 32.5 Å². The van der Waals surface area contributed by atoms with Gasteiger partial charge >= 0.3 is 0 Å². The first-order chi connectivity index (χ1) is 15.2. The van der Waals surface area contributed by atoms with Gasteiger partial charge in [-0.25, -0.2) is 13.1 Å². The highest BCUT2D eigenvalue weighted by atomic mass is 35.5. The number of sulfonamides is 1. The molecule has 6 rings (SSSR count). The standard InChI is InChI=1S/C23H26Cl2N2O4S/c24-19-8-20(25)21(7-18(19)22(28)26-12-17-2-1-3-31-17)32(29,30)27-13-23-9-14-4-15(10-23)6-16(5-14)11-23/h1-3,7-8,14-16,27H,4-6,9-13H2,(H,26,28). The zero-order valence-corrected chi connectivity index (χ0v) is 19.9. The molecule has 1 aromatic heterocycles. The average Bonchev–Trinajstić information content (AvgIpc) is 3.23. The van der Waals surface area contributed by atoms with Gasteiger partial charge in [0.1, 0.15) is 10.7 Å². The fourth-order valence-electron chi connectivity index (χ4n) is 6.42. The molecule has 6 nitrogen and oxygen atoms in total. The number of halogens is 2. The van der Waals surface area contributed by atoms with E-state index in [2.05, 4.69) is 10.0 Å².